The number of fused-ring (bicyclic) bond motifs is 2. The Hall–Kier alpha value is -2.89. The third-order valence-electron chi connectivity index (χ3n) is 3.43. The molecule has 0 unspecified atom stereocenters. The third kappa shape index (κ3) is 2.18. The van der Waals surface area contributed by atoms with Gasteiger partial charge in [0.05, 0.1) is 11.2 Å². The molecule has 0 bridgehead atoms. The normalized spacial score (nSPS) is 13.1. The zero-order chi connectivity index (χ0) is 14.9. The molecular formula is C16H12FN3O2. The first kappa shape index (κ1) is 12.8. The van der Waals surface area contributed by atoms with Crippen molar-refractivity contribution in [3.63, 3.8) is 0 Å². The van der Waals surface area contributed by atoms with E-state index in [1.54, 1.807) is 24.3 Å². The van der Waals surface area contributed by atoms with E-state index >= 15 is 0 Å². The van der Waals surface area contributed by atoms with E-state index in [1.165, 1.54) is 12.4 Å². The maximum atomic E-state index is 13.8. The van der Waals surface area contributed by atoms with Gasteiger partial charge in [0.25, 0.3) is 0 Å². The highest BCUT2D eigenvalue weighted by Crippen LogP contribution is 2.36. The summed E-state index contributed by atoms with van der Waals surface area (Å²) in [6.45, 7) is 1.02. The Bertz CT molecular complexity index is 854. The molecule has 2 heterocycles. The molecule has 0 radical (unpaired) electrons. The predicted molar refractivity (Wildman–Crippen MR) is 80.2 cm³/mol. The van der Waals surface area contributed by atoms with Crippen LogP contribution in [-0.2, 0) is 0 Å². The highest BCUT2D eigenvalue weighted by atomic mass is 19.1. The highest BCUT2D eigenvalue weighted by Gasteiger charge is 2.15. The van der Waals surface area contributed by atoms with Crippen molar-refractivity contribution in [3.8, 4) is 11.5 Å². The Morgan fingerprint density at radius 2 is 1.77 bits per heavy atom. The van der Waals surface area contributed by atoms with E-state index in [9.17, 15) is 4.39 Å². The van der Waals surface area contributed by atoms with E-state index in [2.05, 4.69) is 15.3 Å². The number of hydrogen-bond acceptors (Lipinski definition) is 5. The first-order valence-corrected chi connectivity index (χ1v) is 6.87. The Kier molecular flexibility index (Phi) is 3.00. The molecule has 0 saturated carbocycles. The standard InChI is InChI=1S/C16H12FN3O2/c17-11-3-1-2-4-12(11)20-16-10-7-14-15(22-6-5-21-14)8-13(10)18-9-19-16/h1-4,7-9H,5-6H2,(H,18,19,20). The highest BCUT2D eigenvalue weighted by molar-refractivity contribution is 5.93. The van der Waals surface area contributed by atoms with Gasteiger partial charge in [-0.15, -0.1) is 0 Å². The topological polar surface area (TPSA) is 56.3 Å². The van der Waals surface area contributed by atoms with Crippen molar-refractivity contribution in [1.29, 1.82) is 0 Å². The van der Waals surface area contributed by atoms with Crippen LogP contribution >= 0.6 is 0 Å². The lowest BCUT2D eigenvalue weighted by Crippen LogP contribution is -2.15. The number of hydrogen-bond donors (Lipinski definition) is 1. The van der Waals surface area contributed by atoms with Crippen LogP contribution in [0.15, 0.2) is 42.7 Å². The largest absolute Gasteiger partial charge is 0.486 e. The first-order chi connectivity index (χ1) is 10.8. The molecule has 5 nitrogen and oxygen atoms in total. The number of para-hydroxylation sites is 1. The Morgan fingerprint density at radius 3 is 2.59 bits per heavy atom. The summed E-state index contributed by atoms with van der Waals surface area (Å²) in [4.78, 5) is 8.44. The molecule has 0 aliphatic carbocycles. The van der Waals surface area contributed by atoms with E-state index in [-0.39, 0.29) is 5.82 Å². The van der Waals surface area contributed by atoms with Crippen LogP contribution in [0.3, 0.4) is 0 Å². The van der Waals surface area contributed by atoms with Gasteiger partial charge in [0, 0.05) is 11.5 Å². The number of benzene rings is 2. The summed E-state index contributed by atoms with van der Waals surface area (Å²) < 4.78 is 24.9. The van der Waals surface area contributed by atoms with Crippen LogP contribution in [0.25, 0.3) is 10.9 Å². The molecule has 110 valence electrons. The smallest absolute Gasteiger partial charge is 0.163 e. The minimum atomic E-state index is -0.341. The van der Waals surface area contributed by atoms with Gasteiger partial charge in [-0.05, 0) is 18.2 Å². The number of ether oxygens (including phenoxy) is 2. The molecular weight excluding hydrogens is 285 g/mol. The first-order valence-electron chi connectivity index (χ1n) is 6.87. The van der Waals surface area contributed by atoms with Crippen LogP contribution in [-0.4, -0.2) is 23.2 Å². The van der Waals surface area contributed by atoms with E-state index in [0.29, 0.717) is 41.7 Å². The fourth-order valence-electron chi connectivity index (χ4n) is 2.38. The van der Waals surface area contributed by atoms with Gasteiger partial charge in [-0.2, -0.15) is 0 Å². The van der Waals surface area contributed by atoms with E-state index < -0.39 is 0 Å². The minimum Gasteiger partial charge on any atom is -0.486 e. The van der Waals surface area contributed by atoms with Crippen LogP contribution in [0.2, 0.25) is 0 Å². The minimum absolute atomic E-state index is 0.341. The lowest BCUT2D eigenvalue weighted by atomic mass is 10.2. The van der Waals surface area contributed by atoms with Crippen molar-refractivity contribution in [2.24, 2.45) is 0 Å². The summed E-state index contributed by atoms with van der Waals surface area (Å²) in [5, 5.41) is 3.74. The second-order valence-corrected chi connectivity index (χ2v) is 4.84. The summed E-state index contributed by atoms with van der Waals surface area (Å²) in [6, 6.07) is 10.1. The number of nitrogens with zero attached hydrogens (tertiary/aromatic N) is 2. The fourth-order valence-corrected chi connectivity index (χ4v) is 2.38. The molecule has 4 rings (SSSR count). The van der Waals surface area contributed by atoms with Crippen molar-refractivity contribution >= 4 is 22.4 Å². The molecule has 0 amide bonds. The number of nitrogens with one attached hydrogen (secondary N) is 1. The molecule has 0 saturated heterocycles. The van der Waals surface area contributed by atoms with E-state index in [0.717, 1.165) is 5.39 Å². The second kappa shape index (κ2) is 5.14. The van der Waals surface area contributed by atoms with Gasteiger partial charge in [-0.25, -0.2) is 14.4 Å². The van der Waals surface area contributed by atoms with Crippen molar-refractivity contribution in [1.82, 2.24) is 9.97 Å². The molecule has 0 spiro atoms. The number of rotatable bonds is 2. The third-order valence-corrected chi connectivity index (χ3v) is 3.43. The van der Waals surface area contributed by atoms with Crippen LogP contribution < -0.4 is 14.8 Å². The predicted octanol–water partition coefficient (Wildman–Crippen LogP) is 3.28. The van der Waals surface area contributed by atoms with Gasteiger partial charge in [0.2, 0.25) is 0 Å². The Balaban J connectivity index is 1.82. The van der Waals surface area contributed by atoms with Gasteiger partial charge in [0.15, 0.2) is 11.5 Å². The van der Waals surface area contributed by atoms with Crippen LogP contribution in [0.4, 0.5) is 15.9 Å². The summed E-state index contributed by atoms with van der Waals surface area (Å²) in [7, 11) is 0. The van der Waals surface area contributed by atoms with Gasteiger partial charge in [-0.3, -0.25) is 0 Å². The summed E-state index contributed by atoms with van der Waals surface area (Å²) >= 11 is 0. The molecule has 0 atom stereocenters. The van der Waals surface area contributed by atoms with Gasteiger partial charge in [0.1, 0.15) is 31.2 Å². The zero-order valence-corrected chi connectivity index (χ0v) is 11.5. The molecule has 3 aromatic rings. The maximum absolute atomic E-state index is 13.8. The number of anilines is 2. The molecule has 22 heavy (non-hydrogen) atoms. The molecule has 6 heteroatoms. The molecule has 1 aromatic heterocycles. The van der Waals surface area contributed by atoms with Crippen molar-refractivity contribution in [3.05, 3.63) is 48.5 Å². The van der Waals surface area contributed by atoms with Crippen LogP contribution in [0, 0.1) is 5.82 Å². The second-order valence-electron chi connectivity index (χ2n) is 4.84. The maximum Gasteiger partial charge on any atom is 0.163 e. The average Bonchev–Trinajstić information content (AvgIpc) is 2.55. The van der Waals surface area contributed by atoms with Crippen molar-refractivity contribution in [2.45, 2.75) is 0 Å². The molecule has 1 aliphatic rings. The van der Waals surface area contributed by atoms with Gasteiger partial charge in [-0.1, -0.05) is 12.1 Å². The van der Waals surface area contributed by atoms with Gasteiger partial charge < -0.3 is 14.8 Å². The zero-order valence-electron chi connectivity index (χ0n) is 11.5. The average molecular weight is 297 g/mol. The molecule has 1 N–H and O–H groups in total. The van der Waals surface area contributed by atoms with Crippen LogP contribution in [0.1, 0.15) is 0 Å². The van der Waals surface area contributed by atoms with Crippen molar-refractivity contribution in [2.75, 3.05) is 18.5 Å². The monoisotopic (exact) mass is 297 g/mol. The SMILES string of the molecule is Fc1ccccc1Nc1ncnc2cc3c(cc12)OCCO3. The lowest BCUT2D eigenvalue weighted by Gasteiger charge is -2.19. The molecule has 2 aromatic carbocycles. The fraction of sp³-hybridized carbons (Fsp3) is 0.125. The number of halogens is 1. The molecule has 1 aliphatic heterocycles. The Labute approximate surface area is 125 Å². The van der Waals surface area contributed by atoms with Crippen molar-refractivity contribution < 1.29 is 13.9 Å². The molecule has 0 fully saturated rings. The summed E-state index contributed by atoms with van der Waals surface area (Å²) in [5.74, 6) is 1.48. The quantitative estimate of drug-likeness (QED) is 0.786. The lowest BCUT2D eigenvalue weighted by molar-refractivity contribution is 0.172. The number of aromatic nitrogens is 2. The summed E-state index contributed by atoms with van der Waals surface area (Å²) in [6.07, 6.45) is 1.43. The van der Waals surface area contributed by atoms with E-state index in [1.807, 2.05) is 6.07 Å². The Morgan fingerprint density at radius 1 is 1.00 bits per heavy atom. The summed E-state index contributed by atoms with van der Waals surface area (Å²) in [5.41, 5.74) is 1.07. The van der Waals surface area contributed by atoms with Crippen LogP contribution in [0.5, 0.6) is 11.5 Å². The van der Waals surface area contributed by atoms with Gasteiger partial charge >= 0.3 is 0 Å². The van der Waals surface area contributed by atoms with E-state index in [4.69, 9.17) is 9.47 Å².